The average Bonchev–Trinajstić information content (AvgIpc) is 2.73. The zero-order chi connectivity index (χ0) is 24.3. The van der Waals surface area contributed by atoms with Crippen molar-refractivity contribution >= 4 is 8.07 Å². The SMILES string of the molecule is C=CCO[C@H]1[C@@H](O)[C@@H](CO)O[C@H](O[C@H]2[C@@H](CO)O[C@@H](O)[C@@](O)(CC[Si](C)(C)C)[C@H]2O)[C@@H]1O. The number of ether oxygens (including phenoxy) is 4. The van der Waals surface area contributed by atoms with E-state index < -0.39 is 82.2 Å². The highest BCUT2D eigenvalue weighted by atomic mass is 28.3. The van der Waals surface area contributed by atoms with Crippen molar-refractivity contribution in [1.82, 2.24) is 0 Å². The van der Waals surface area contributed by atoms with Gasteiger partial charge in [0.2, 0.25) is 0 Å². The summed E-state index contributed by atoms with van der Waals surface area (Å²) in [7, 11) is -1.66. The molecule has 2 heterocycles. The summed E-state index contributed by atoms with van der Waals surface area (Å²) in [6.07, 6.45) is -11.4. The fourth-order valence-electron chi connectivity index (χ4n) is 3.85. The maximum Gasteiger partial charge on any atom is 0.187 e. The molecule has 32 heavy (non-hydrogen) atoms. The average molecular weight is 483 g/mol. The molecule has 0 saturated carbocycles. The van der Waals surface area contributed by atoms with E-state index in [-0.39, 0.29) is 13.0 Å². The number of aliphatic hydroxyl groups excluding tert-OH is 6. The first-order chi connectivity index (χ1) is 14.9. The lowest BCUT2D eigenvalue weighted by molar-refractivity contribution is -0.375. The highest BCUT2D eigenvalue weighted by Crippen LogP contribution is 2.37. The van der Waals surface area contributed by atoms with Gasteiger partial charge in [-0.15, -0.1) is 6.58 Å². The van der Waals surface area contributed by atoms with Gasteiger partial charge in [-0.25, -0.2) is 0 Å². The Balaban J connectivity index is 2.25. The molecular weight excluding hydrogens is 444 g/mol. The van der Waals surface area contributed by atoms with Crippen LogP contribution in [0.4, 0.5) is 0 Å². The molecule has 188 valence electrons. The van der Waals surface area contributed by atoms with Crippen LogP contribution in [0.25, 0.3) is 0 Å². The van der Waals surface area contributed by atoms with Crippen molar-refractivity contribution in [2.24, 2.45) is 0 Å². The van der Waals surface area contributed by atoms with Crippen LogP contribution in [0.15, 0.2) is 12.7 Å². The number of rotatable bonds is 10. The molecule has 2 aliphatic heterocycles. The molecule has 0 amide bonds. The maximum absolute atomic E-state index is 11.1. The Bertz CT molecular complexity index is 603. The smallest absolute Gasteiger partial charge is 0.187 e. The van der Waals surface area contributed by atoms with Crippen LogP contribution in [0.3, 0.4) is 0 Å². The molecule has 0 bridgehead atoms. The normalized spacial score (nSPS) is 43.2. The summed E-state index contributed by atoms with van der Waals surface area (Å²) < 4.78 is 21.9. The van der Waals surface area contributed by atoms with Crippen molar-refractivity contribution in [1.29, 1.82) is 0 Å². The van der Waals surface area contributed by atoms with Crippen LogP contribution in [0.5, 0.6) is 0 Å². The molecule has 2 aliphatic rings. The predicted octanol–water partition coefficient (Wildman–Crippen LogP) is -2.09. The summed E-state index contributed by atoms with van der Waals surface area (Å²) in [5.74, 6) is 0. The van der Waals surface area contributed by atoms with Crippen LogP contribution in [-0.2, 0) is 18.9 Å². The first kappa shape index (κ1) is 27.8. The zero-order valence-electron chi connectivity index (χ0n) is 18.8. The lowest BCUT2D eigenvalue weighted by atomic mass is 9.84. The third kappa shape index (κ3) is 6.14. The molecule has 12 heteroatoms. The molecule has 0 aliphatic carbocycles. The molecular formula is C20H38O11Si. The molecule has 0 aromatic rings. The van der Waals surface area contributed by atoms with E-state index in [0.29, 0.717) is 6.04 Å². The van der Waals surface area contributed by atoms with Gasteiger partial charge in [-0.3, -0.25) is 0 Å². The van der Waals surface area contributed by atoms with Crippen molar-refractivity contribution in [3.63, 3.8) is 0 Å². The van der Waals surface area contributed by atoms with Gasteiger partial charge in [0, 0.05) is 8.07 Å². The first-order valence-corrected chi connectivity index (χ1v) is 14.5. The van der Waals surface area contributed by atoms with E-state index in [1.807, 2.05) is 0 Å². The Morgan fingerprint density at radius 3 is 2.12 bits per heavy atom. The van der Waals surface area contributed by atoms with Crippen LogP contribution >= 0.6 is 0 Å². The van der Waals surface area contributed by atoms with Gasteiger partial charge in [-0.1, -0.05) is 31.8 Å². The molecule has 0 spiro atoms. The second kappa shape index (κ2) is 11.3. The second-order valence-electron chi connectivity index (χ2n) is 9.60. The van der Waals surface area contributed by atoms with Gasteiger partial charge < -0.3 is 54.7 Å². The van der Waals surface area contributed by atoms with E-state index >= 15 is 0 Å². The van der Waals surface area contributed by atoms with E-state index in [0.717, 1.165) is 0 Å². The zero-order valence-corrected chi connectivity index (χ0v) is 19.8. The molecule has 2 rings (SSSR count). The van der Waals surface area contributed by atoms with E-state index in [9.17, 15) is 35.7 Å². The molecule has 0 radical (unpaired) electrons. The summed E-state index contributed by atoms with van der Waals surface area (Å²) >= 11 is 0. The minimum absolute atomic E-state index is 0.000715. The lowest BCUT2D eigenvalue weighted by Gasteiger charge is -2.50. The van der Waals surface area contributed by atoms with Crippen molar-refractivity contribution in [3.8, 4) is 0 Å². The van der Waals surface area contributed by atoms with Crippen LogP contribution < -0.4 is 0 Å². The van der Waals surface area contributed by atoms with E-state index in [1.165, 1.54) is 6.08 Å². The standard InChI is InChI=1S/C20H38O11Si/c1-5-7-28-16-13(23)11(9-21)29-18(14(16)24)31-15-12(10-22)30-19(26)20(27,17(15)25)6-8-32(2,3)4/h5,11-19,21-27H,1,6-10H2,2-4H3/t11-,12-,13+,14-,15+,16+,17+,18-,19-,20-/m1/s1. The summed E-state index contributed by atoms with van der Waals surface area (Å²) in [6.45, 7) is 8.45. The Labute approximate surface area is 188 Å². The second-order valence-corrected chi connectivity index (χ2v) is 15.2. The molecule has 2 saturated heterocycles. The summed E-state index contributed by atoms with van der Waals surface area (Å²) in [5, 5.41) is 72.6. The first-order valence-electron chi connectivity index (χ1n) is 10.7. The lowest BCUT2D eigenvalue weighted by Crippen LogP contribution is -2.69. The molecule has 0 aromatic heterocycles. The minimum atomic E-state index is -2.08. The van der Waals surface area contributed by atoms with E-state index in [4.69, 9.17) is 18.9 Å². The number of hydrogen-bond donors (Lipinski definition) is 7. The summed E-state index contributed by atoms with van der Waals surface area (Å²) in [6, 6.07) is 0.566. The van der Waals surface area contributed by atoms with Gasteiger partial charge in [-0.05, 0) is 6.42 Å². The van der Waals surface area contributed by atoms with Crippen LogP contribution in [0, 0.1) is 0 Å². The van der Waals surface area contributed by atoms with Crippen molar-refractivity contribution in [3.05, 3.63) is 12.7 Å². The van der Waals surface area contributed by atoms with Gasteiger partial charge in [0.05, 0.1) is 19.8 Å². The van der Waals surface area contributed by atoms with Crippen molar-refractivity contribution in [2.45, 2.75) is 93.0 Å². The van der Waals surface area contributed by atoms with Gasteiger partial charge >= 0.3 is 0 Å². The predicted molar refractivity (Wildman–Crippen MR) is 114 cm³/mol. The number of aliphatic hydroxyl groups is 7. The third-order valence-electron chi connectivity index (χ3n) is 5.90. The van der Waals surface area contributed by atoms with Gasteiger partial charge in [0.15, 0.2) is 12.6 Å². The Hall–Kier alpha value is -0.483. The maximum atomic E-state index is 11.1. The largest absolute Gasteiger partial charge is 0.394 e. The highest BCUT2D eigenvalue weighted by Gasteiger charge is 2.57. The highest BCUT2D eigenvalue weighted by molar-refractivity contribution is 6.76. The molecule has 0 aromatic carbocycles. The van der Waals surface area contributed by atoms with Crippen molar-refractivity contribution < 1.29 is 54.7 Å². The topological polar surface area (TPSA) is 179 Å². The Kier molecular flexibility index (Phi) is 9.80. The van der Waals surface area contributed by atoms with Gasteiger partial charge in [-0.2, -0.15) is 0 Å². The fraction of sp³-hybridized carbons (Fsp3) is 0.900. The van der Waals surface area contributed by atoms with E-state index in [1.54, 1.807) is 0 Å². The van der Waals surface area contributed by atoms with Crippen molar-refractivity contribution in [2.75, 3.05) is 19.8 Å². The molecule has 10 atom stereocenters. The molecule has 2 fully saturated rings. The summed E-state index contributed by atoms with van der Waals surface area (Å²) in [4.78, 5) is 0. The Morgan fingerprint density at radius 1 is 0.969 bits per heavy atom. The van der Waals surface area contributed by atoms with Gasteiger partial charge in [0.1, 0.15) is 48.3 Å². The van der Waals surface area contributed by atoms with Crippen LogP contribution in [-0.4, -0.2) is 125 Å². The third-order valence-corrected chi connectivity index (χ3v) is 7.65. The quantitative estimate of drug-likeness (QED) is 0.134. The molecule has 11 nitrogen and oxygen atoms in total. The fourth-order valence-corrected chi connectivity index (χ4v) is 5.00. The Morgan fingerprint density at radius 2 is 1.59 bits per heavy atom. The number of hydrogen-bond acceptors (Lipinski definition) is 11. The minimum Gasteiger partial charge on any atom is -0.394 e. The van der Waals surface area contributed by atoms with Crippen LogP contribution in [0.2, 0.25) is 25.7 Å². The van der Waals surface area contributed by atoms with Gasteiger partial charge in [0.25, 0.3) is 0 Å². The monoisotopic (exact) mass is 482 g/mol. The van der Waals surface area contributed by atoms with E-state index in [2.05, 4.69) is 26.2 Å². The van der Waals surface area contributed by atoms with Crippen LogP contribution in [0.1, 0.15) is 6.42 Å². The molecule has 7 N–H and O–H groups in total. The molecule has 0 unspecified atom stereocenters. The summed E-state index contributed by atoms with van der Waals surface area (Å²) in [5.41, 5.74) is -2.08.